The van der Waals surface area contributed by atoms with Gasteiger partial charge in [0.1, 0.15) is 17.3 Å². The Labute approximate surface area is 124 Å². The molecular formula is C12H18N2O4S2. The van der Waals surface area contributed by atoms with Crippen LogP contribution in [0.4, 0.5) is 5.69 Å². The zero-order chi connectivity index (χ0) is 15.0. The van der Waals surface area contributed by atoms with Gasteiger partial charge in [0.05, 0.1) is 11.4 Å². The number of ether oxygens (including phenoxy) is 2. The lowest BCUT2D eigenvalue weighted by Gasteiger charge is -2.13. The van der Waals surface area contributed by atoms with Crippen molar-refractivity contribution in [2.75, 3.05) is 30.8 Å². The maximum absolute atomic E-state index is 11.9. The molecule has 0 aromatic heterocycles. The highest BCUT2D eigenvalue weighted by molar-refractivity contribution is 7.92. The molecule has 1 rings (SSSR count). The fourth-order valence-electron chi connectivity index (χ4n) is 1.44. The van der Waals surface area contributed by atoms with Crippen molar-refractivity contribution in [3.63, 3.8) is 0 Å². The first kappa shape index (κ1) is 16.7. The molecule has 0 unspecified atom stereocenters. The third-order valence-electron chi connectivity index (χ3n) is 2.28. The van der Waals surface area contributed by atoms with Crippen LogP contribution in [0.2, 0.25) is 0 Å². The van der Waals surface area contributed by atoms with Gasteiger partial charge in [0.2, 0.25) is 10.0 Å². The van der Waals surface area contributed by atoms with E-state index in [9.17, 15) is 8.42 Å². The normalized spacial score (nSPS) is 11.1. The van der Waals surface area contributed by atoms with Crippen LogP contribution < -0.4 is 15.2 Å². The summed E-state index contributed by atoms with van der Waals surface area (Å²) in [5, 5.41) is 0. The van der Waals surface area contributed by atoms with Crippen LogP contribution in [0.1, 0.15) is 6.42 Å². The van der Waals surface area contributed by atoms with Gasteiger partial charge in [0, 0.05) is 13.7 Å². The number of anilines is 1. The van der Waals surface area contributed by atoms with Gasteiger partial charge in [-0.1, -0.05) is 24.4 Å². The predicted octanol–water partition coefficient (Wildman–Crippen LogP) is 1.13. The lowest BCUT2D eigenvalue weighted by atomic mass is 10.3. The highest BCUT2D eigenvalue weighted by Crippen LogP contribution is 2.24. The third-order valence-corrected chi connectivity index (χ3v) is 3.76. The molecule has 0 fully saturated rings. The molecule has 0 heterocycles. The standard InChI is InChI=1S/C12H18N2O4S2/c1-17-7-4-8-20(15,16)14-10-5-2-3-6-11(10)18-9-12(13)19/h2-3,5-6,14H,4,7-9H2,1H3,(H2,13,19). The summed E-state index contributed by atoms with van der Waals surface area (Å²) in [5.74, 6) is 0.361. The van der Waals surface area contributed by atoms with Gasteiger partial charge >= 0.3 is 0 Å². The molecule has 1 aromatic rings. The Morgan fingerprint density at radius 3 is 2.75 bits per heavy atom. The van der Waals surface area contributed by atoms with Crippen molar-refractivity contribution in [1.82, 2.24) is 0 Å². The van der Waals surface area contributed by atoms with Crippen molar-refractivity contribution in [3.05, 3.63) is 24.3 Å². The first-order valence-electron chi connectivity index (χ1n) is 5.94. The van der Waals surface area contributed by atoms with Crippen molar-refractivity contribution in [3.8, 4) is 5.75 Å². The molecule has 0 radical (unpaired) electrons. The maximum Gasteiger partial charge on any atom is 0.232 e. The minimum absolute atomic E-state index is 0.0233. The Morgan fingerprint density at radius 2 is 2.10 bits per heavy atom. The van der Waals surface area contributed by atoms with E-state index in [2.05, 4.69) is 4.72 Å². The quantitative estimate of drug-likeness (QED) is 0.524. The molecule has 0 aliphatic rings. The molecular weight excluding hydrogens is 300 g/mol. The Bertz CT molecular complexity index is 546. The number of sulfonamides is 1. The van der Waals surface area contributed by atoms with E-state index in [0.29, 0.717) is 24.5 Å². The predicted molar refractivity (Wildman–Crippen MR) is 82.6 cm³/mol. The highest BCUT2D eigenvalue weighted by atomic mass is 32.2. The number of nitrogens with two attached hydrogens (primary N) is 1. The molecule has 112 valence electrons. The Kier molecular flexibility index (Phi) is 6.69. The molecule has 0 spiro atoms. The van der Waals surface area contributed by atoms with E-state index in [-0.39, 0.29) is 17.3 Å². The van der Waals surface area contributed by atoms with Crippen LogP contribution in [0.5, 0.6) is 5.75 Å². The van der Waals surface area contributed by atoms with Crippen LogP contribution in [-0.2, 0) is 14.8 Å². The van der Waals surface area contributed by atoms with Crippen LogP contribution in [0.3, 0.4) is 0 Å². The van der Waals surface area contributed by atoms with Crippen molar-refractivity contribution >= 4 is 32.9 Å². The fourth-order valence-corrected chi connectivity index (χ4v) is 2.60. The summed E-state index contributed by atoms with van der Waals surface area (Å²) >= 11 is 4.72. The second-order valence-electron chi connectivity index (χ2n) is 4.02. The lowest BCUT2D eigenvalue weighted by Crippen LogP contribution is -2.20. The van der Waals surface area contributed by atoms with Crippen LogP contribution >= 0.6 is 12.2 Å². The van der Waals surface area contributed by atoms with Crippen LogP contribution in [0.15, 0.2) is 24.3 Å². The number of nitrogens with one attached hydrogen (secondary N) is 1. The second kappa shape index (κ2) is 8.03. The summed E-state index contributed by atoms with van der Waals surface area (Å²) in [6.07, 6.45) is 0.418. The van der Waals surface area contributed by atoms with E-state index in [4.69, 9.17) is 27.4 Å². The van der Waals surface area contributed by atoms with Gasteiger partial charge in [0.25, 0.3) is 0 Å². The Morgan fingerprint density at radius 1 is 1.40 bits per heavy atom. The van der Waals surface area contributed by atoms with E-state index in [1.54, 1.807) is 24.3 Å². The van der Waals surface area contributed by atoms with E-state index < -0.39 is 10.0 Å². The smallest absolute Gasteiger partial charge is 0.232 e. The number of hydrogen-bond donors (Lipinski definition) is 2. The molecule has 1 aromatic carbocycles. The van der Waals surface area contributed by atoms with Gasteiger partial charge in [-0.2, -0.15) is 0 Å². The molecule has 20 heavy (non-hydrogen) atoms. The average Bonchev–Trinajstić information content (AvgIpc) is 2.37. The number of methoxy groups -OCH3 is 1. The first-order chi connectivity index (χ1) is 9.44. The van der Waals surface area contributed by atoms with E-state index in [1.165, 1.54) is 7.11 Å². The van der Waals surface area contributed by atoms with Crippen molar-refractivity contribution < 1.29 is 17.9 Å². The molecule has 6 nitrogen and oxygen atoms in total. The topological polar surface area (TPSA) is 90.7 Å². The molecule has 0 aliphatic heterocycles. The van der Waals surface area contributed by atoms with Crippen molar-refractivity contribution in [1.29, 1.82) is 0 Å². The Balaban J connectivity index is 2.73. The summed E-state index contributed by atoms with van der Waals surface area (Å²) in [6, 6.07) is 6.70. The SMILES string of the molecule is COCCCS(=O)(=O)Nc1ccccc1OCC(N)=S. The van der Waals surface area contributed by atoms with Crippen LogP contribution in [0, 0.1) is 0 Å². The molecule has 8 heteroatoms. The molecule has 0 aliphatic carbocycles. The van der Waals surface area contributed by atoms with Crippen LogP contribution in [-0.4, -0.2) is 39.5 Å². The number of benzene rings is 1. The summed E-state index contributed by atoms with van der Waals surface area (Å²) in [5.41, 5.74) is 5.71. The molecule has 0 bridgehead atoms. The van der Waals surface area contributed by atoms with E-state index >= 15 is 0 Å². The van der Waals surface area contributed by atoms with Crippen molar-refractivity contribution in [2.45, 2.75) is 6.42 Å². The molecule has 3 N–H and O–H groups in total. The number of thiocarbonyl (C=S) groups is 1. The molecule has 0 amide bonds. The minimum Gasteiger partial charge on any atom is -0.484 e. The second-order valence-corrected chi connectivity index (χ2v) is 6.38. The maximum atomic E-state index is 11.9. The largest absolute Gasteiger partial charge is 0.484 e. The lowest BCUT2D eigenvalue weighted by molar-refractivity contribution is 0.199. The summed E-state index contributed by atoms with van der Waals surface area (Å²) in [7, 11) is -1.92. The summed E-state index contributed by atoms with van der Waals surface area (Å²) in [4.78, 5) is 0.197. The highest BCUT2D eigenvalue weighted by Gasteiger charge is 2.13. The number of hydrogen-bond acceptors (Lipinski definition) is 5. The fraction of sp³-hybridized carbons (Fsp3) is 0.417. The van der Waals surface area contributed by atoms with E-state index in [0.717, 1.165) is 0 Å². The monoisotopic (exact) mass is 318 g/mol. The number of para-hydroxylation sites is 2. The zero-order valence-corrected chi connectivity index (χ0v) is 12.8. The molecule has 0 saturated carbocycles. The zero-order valence-electron chi connectivity index (χ0n) is 11.2. The minimum atomic E-state index is -3.44. The van der Waals surface area contributed by atoms with Gasteiger partial charge in [-0.15, -0.1) is 0 Å². The van der Waals surface area contributed by atoms with Gasteiger partial charge in [0.15, 0.2) is 0 Å². The summed E-state index contributed by atoms with van der Waals surface area (Å²) < 4.78 is 36.4. The van der Waals surface area contributed by atoms with Crippen molar-refractivity contribution in [2.24, 2.45) is 5.73 Å². The summed E-state index contributed by atoms with van der Waals surface area (Å²) in [6.45, 7) is 0.443. The van der Waals surface area contributed by atoms with Gasteiger partial charge in [-0.05, 0) is 18.6 Å². The Hall–Kier alpha value is -1.38. The average molecular weight is 318 g/mol. The first-order valence-corrected chi connectivity index (χ1v) is 8.00. The van der Waals surface area contributed by atoms with E-state index in [1.807, 2.05) is 0 Å². The third kappa shape index (κ3) is 6.18. The molecule has 0 saturated heterocycles. The number of rotatable bonds is 9. The van der Waals surface area contributed by atoms with Gasteiger partial charge in [-0.25, -0.2) is 8.42 Å². The van der Waals surface area contributed by atoms with Gasteiger partial charge < -0.3 is 15.2 Å². The van der Waals surface area contributed by atoms with Crippen LogP contribution in [0.25, 0.3) is 0 Å². The molecule has 0 atom stereocenters. The van der Waals surface area contributed by atoms with Gasteiger partial charge in [-0.3, -0.25) is 4.72 Å².